The summed E-state index contributed by atoms with van der Waals surface area (Å²) in [6.07, 6.45) is 0. The molecule has 1 amide bonds. The molecule has 0 aliphatic rings. The molecule has 1 aromatic carbocycles. The number of amides is 1. The van der Waals surface area contributed by atoms with Crippen LogP contribution < -0.4 is 5.32 Å². The third-order valence-corrected chi connectivity index (χ3v) is 2.94. The van der Waals surface area contributed by atoms with Crippen LogP contribution in [0.5, 0.6) is 0 Å². The Morgan fingerprint density at radius 2 is 2.05 bits per heavy atom. The molecule has 0 spiro atoms. The molecular formula is C12H16ClN3O3. The monoisotopic (exact) mass is 285 g/mol. The second kappa shape index (κ2) is 6.94. The van der Waals surface area contributed by atoms with E-state index < -0.39 is 4.92 Å². The molecule has 0 aromatic heterocycles. The first kappa shape index (κ1) is 15.2. The number of carbonyl (C=O) groups excluding carboxylic acids is 1. The molecule has 7 heteroatoms. The van der Waals surface area contributed by atoms with Crippen molar-refractivity contribution in [3.63, 3.8) is 0 Å². The van der Waals surface area contributed by atoms with Gasteiger partial charge in [0.2, 0.25) is 5.91 Å². The number of halogens is 1. The first-order valence-electron chi connectivity index (χ1n) is 5.95. The number of hydrogen-bond donors (Lipinski definition) is 1. The minimum atomic E-state index is -0.532. The van der Waals surface area contributed by atoms with Crippen LogP contribution in [-0.4, -0.2) is 35.4 Å². The van der Waals surface area contributed by atoms with Gasteiger partial charge in [-0.3, -0.25) is 14.9 Å². The van der Waals surface area contributed by atoms with Gasteiger partial charge >= 0.3 is 0 Å². The van der Waals surface area contributed by atoms with Crippen LogP contribution in [0, 0.1) is 10.1 Å². The standard InChI is InChI=1S/C12H16ClN3O3/c1-3-15(4-2)12(17)8-14-10-6-5-9(13)7-11(10)16(18)19/h5-7,14H,3-4,8H2,1-2H3. The van der Waals surface area contributed by atoms with E-state index in [0.29, 0.717) is 13.1 Å². The number of benzene rings is 1. The zero-order valence-electron chi connectivity index (χ0n) is 10.9. The van der Waals surface area contributed by atoms with E-state index in [4.69, 9.17) is 11.6 Å². The van der Waals surface area contributed by atoms with Gasteiger partial charge in [-0.25, -0.2) is 0 Å². The molecule has 0 fully saturated rings. The van der Waals surface area contributed by atoms with Crippen molar-refractivity contribution in [1.82, 2.24) is 4.90 Å². The molecular weight excluding hydrogens is 270 g/mol. The van der Waals surface area contributed by atoms with Crippen molar-refractivity contribution in [2.24, 2.45) is 0 Å². The van der Waals surface area contributed by atoms with Crippen molar-refractivity contribution in [2.75, 3.05) is 25.0 Å². The van der Waals surface area contributed by atoms with Crippen LogP contribution in [0.25, 0.3) is 0 Å². The Hall–Kier alpha value is -1.82. The molecule has 0 aliphatic heterocycles. The van der Waals surface area contributed by atoms with Gasteiger partial charge < -0.3 is 10.2 Å². The summed E-state index contributed by atoms with van der Waals surface area (Å²) in [7, 11) is 0. The second-order valence-electron chi connectivity index (χ2n) is 3.84. The quantitative estimate of drug-likeness (QED) is 0.644. The number of anilines is 1. The molecule has 1 rings (SSSR count). The highest BCUT2D eigenvalue weighted by Gasteiger charge is 2.16. The van der Waals surface area contributed by atoms with E-state index in [1.165, 1.54) is 12.1 Å². The van der Waals surface area contributed by atoms with Crippen LogP contribution in [0.3, 0.4) is 0 Å². The lowest BCUT2D eigenvalue weighted by Crippen LogP contribution is -2.35. The number of nitro groups is 1. The van der Waals surface area contributed by atoms with Gasteiger partial charge in [0.1, 0.15) is 5.69 Å². The van der Waals surface area contributed by atoms with Crippen molar-refractivity contribution >= 4 is 28.9 Å². The fraction of sp³-hybridized carbons (Fsp3) is 0.417. The first-order chi connectivity index (χ1) is 8.99. The topological polar surface area (TPSA) is 75.5 Å². The van der Waals surface area contributed by atoms with Crippen molar-refractivity contribution in [3.05, 3.63) is 33.3 Å². The molecule has 0 saturated heterocycles. The Bertz CT molecular complexity index is 475. The Labute approximate surface area is 116 Å². The molecule has 104 valence electrons. The van der Waals surface area contributed by atoms with Gasteiger partial charge in [-0.1, -0.05) is 11.6 Å². The maximum absolute atomic E-state index is 11.8. The number of nitrogens with one attached hydrogen (secondary N) is 1. The summed E-state index contributed by atoms with van der Waals surface area (Å²) in [6.45, 7) is 5.00. The Morgan fingerprint density at radius 1 is 1.42 bits per heavy atom. The summed E-state index contributed by atoms with van der Waals surface area (Å²) >= 11 is 5.71. The molecule has 0 radical (unpaired) electrons. The van der Waals surface area contributed by atoms with E-state index in [1.807, 2.05) is 13.8 Å². The summed E-state index contributed by atoms with van der Waals surface area (Å²) in [5, 5.41) is 13.9. The van der Waals surface area contributed by atoms with E-state index in [2.05, 4.69) is 5.32 Å². The minimum Gasteiger partial charge on any atom is -0.371 e. The molecule has 0 bridgehead atoms. The fourth-order valence-corrected chi connectivity index (χ4v) is 1.83. The molecule has 0 unspecified atom stereocenters. The lowest BCUT2D eigenvalue weighted by molar-refractivity contribution is -0.383. The largest absolute Gasteiger partial charge is 0.371 e. The number of nitrogens with zero attached hydrogens (tertiary/aromatic N) is 2. The van der Waals surface area contributed by atoms with Crippen molar-refractivity contribution < 1.29 is 9.72 Å². The zero-order chi connectivity index (χ0) is 14.4. The highest BCUT2D eigenvalue weighted by atomic mass is 35.5. The average molecular weight is 286 g/mol. The summed E-state index contributed by atoms with van der Waals surface area (Å²) in [6, 6.07) is 4.29. The zero-order valence-corrected chi connectivity index (χ0v) is 11.6. The van der Waals surface area contributed by atoms with Crippen LogP contribution >= 0.6 is 11.6 Å². The lowest BCUT2D eigenvalue weighted by atomic mass is 10.2. The number of hydrogen-bond acceptors (Lipinski definition) is 4. The number of likely N-dealkylation sites (N-methyl/N-ethyl adjacent to an activating group) is 1. The predicted molar refractivity (Wildman–Crippen MR) is 74.5 cm³/mol. The normalized spacial score (nSPS) is 10.1. The van der Waals surface area contributed by atoms with E-state index in [1.54, 1.807) is 11.0 Å². The van der Waals surface area contributed by atoms with Crippen LogP contribution in [0.15, 0.2) is 18.2 Å². The van der Waals surface area contributed by atoms with Crippen molar-refractivity contribution in [1.29, 1.82) is 0 Å². The maximum atomic E-state index is 11.8. The van der Waals surface area contributed by atoms with Gasteiger partial charge in [0.25, 0.3) is 5.69 Å². The van der Waals surface area contributed by atoms with Crippen molar-refractivity contribution in [2.45, 2.75) is 13.8 Å². The SMILES string of the molecule is CCN(CC)C(=O)CNc1ccc(Cl)cc1[N+](=O)[O-]. The number of rotatable bonds is 6. The summed E-state index contributed by atoms with van der Waals surface area (Å²) in [5.41, 5.74) is 0.148. The lowest BCUT2D eigenvalue weighted by Gasteiger charge is -2.19. The maximum Gasteiger partial charge on any atom is 0.293 e. The van der Waals surface area contributed by atoms with Gasteiger partial charge in [0, 0.05) is 24.2 Å². The Morgan fingerprint density at radius 3 is 2.58 bits per heavy atom. The Kier molecular flexibility index (Phi) is 5.57. The van der Waals surface area contributed by atoms with Crippen LogP contribution in [0.1, 0.15) is 13.8 Å². The number of carbonyl (C=O) groups is 1. The summed E-state index contributed by atoms with van der Waals surface area (Å²) < 4.78 is 0. The molecule has 19 heavy (non-hydrogen) atoms. The Balaban J connectivity index is 2.78. The predicted octanol–water partition coefficient (Wildman–Crippen LogP) is 2.53. The molecule has 0 aliphatic carbocycles. The summed E-state index contributed by atoms with van der Waals surface area (Å²) in [4.78, 5) is 23.8. The van der Waals surface area contributed by atoms with Crippen LogP contribution in [0.2, 0.25) is 5.02 Å². The first-order valence-corrected chi connectivity index (χ1v) is 6.33. The third-order valence-electron chi connectivity index (χ3n) is 2.70. The van der Waals surface area contributed by atoms with Crippen molar-refractivity contribution in [3.8, 4) is 0 Å². The molecule has 0 heterocycles. The van der Waals surface area contributed by atoms with Crippen LogP contribution in [0.4, 0.5) is 11.4 Å². The van der Waals surface area contributed by atoms with Gasteiger partial charge in [0.15, 0.2) is 0 Å². The van der Waals surface area contributed by atoms with Gasteiger partial charge in [-0.05, 0) is 26.0 Å². The smallest absolute Gasteiger partial charge is 0.293 e. The second-order valence-corrected chi connectivity index (χ2v) is 4.27. The highest BCUT2D eigenvalue weighted by Crippen LogP contribution is 2.27. The molecule has 1 aromatic rings. The fourth-order valence-electron chi connectivity index (χ4n) is 1.66. The van der Waals surface area contributed by atoms with E-state index in [-0.39, 0.29) is 28.8 Å². The third kappa shape index (κ3) is 4.10. The molecule has 1 N–H and O–H groups in total. The minimum absolute atomic E-state index is 0.0180. The van der Waals surface area contributed by atoms with Gasteiger partial charge in [-0.15, -0.1) is 0 Å². The molecule has 0 saturated carbocycles. The molecule has 0 atom stereocenters. The van der Waals surface area contributed by atoms with E-state index >= 15 is 0 Å². The van der Waals surface area contributed by atoms with Gasteiger partial charge in [0.05, 0.1) is 11.5 Å². The van der Waals surface area contributed by atoms with E-state index in [0.717, 1.165) is 0 Å². The van der Waals surface area contributed by atoms with Crippen LogP contribution in [-0.2, 0) is 4.79 Å². The number of nitro benzene ring substituents is 1. The summed E-state index contributed by atoms with van der Waals surface area (Å²) in [5.74, 6) is -0.103. The van der Waals surface area contributed by atoms with E-state index in [9.17, 15) is 14.9 Å². The van der Waals surface area contributed by atoms with Gasteiger partial charge in [-0.2, -0.15) is 0 Å². The molecule has 6 nitrogen and oxygen atoms in total. The average Bonchev–Trinajstić information content (AvgIpc) is 2.38. The highest BCUT2D eigenvalue weighted by molar-refractivity contribution is 6.30.